The molecule has 1 N–H and O–H groups in total. The number of hydrogen-bond donors (Lipinski definition) is 1. The molecule has 0 saturated carbocycles. The number of amides is 1. The number of hydrogen-bond acceptors (Lipinski definition) is 5. The Bertz CT molecular complexity index is 490. The van der Waals surface area contributed by atoms with Crippen LogP contribution in [0, 0.1) is 0 Å². The highest BCUT2D eigenvalue weighted by molar-refractivity contribution is 5.90. The third kappa shape index (κ3) is 4.94. The Morgan fingerprint density at radius 3 is 2.95 bits per heavy atom. The largest absolute Gasteiger partial charge is 0.433 e. The van der Waals surface area contributed by atoms with Crippen LogP contribution in [0.1, 0.15) is 18.5 Å². The van der Waals surface area contributed by atoms with Crippen molar-refractivity contribution >= 4 is 11.7 Å². The summed E-state index contributed by atoms with van der Waals surface area (Å²) in [5, 5.41) is 2.22. The maximum absolute atomic E-state index is 12.4. The van der Waals surface area contributed by atoms with Gasteiger partial charge < -0.3 is 14.8 Å². The fraction of sp³-hybridized carbons (Fsp3) is 0.583. The number of carbonyl (C=O) groups excluding carboxylic acids is 1. The van der Waals surface area contributed by atoms with E-state index in [4.69, 9.17) is 9.47 Å². The molecule has 1 atom stereocenters. The van der Waals surface area contributed by atoms with E-state index < -0.39 is 17.8 Å². The lowest BCUT2D eigenvalue weighted by Crippen LogP contribution is -2.23. The van der Waals surface area contributed by atoms with Gasteiger partial charge in [-0.25, -0.2) is 9.97 Å². The molecular formula is C12H14F3N3O3. The quantitative estimate of drug-likeness (QED) is 0.895. The average Bonchev–Trinajstić information content (AvgIpc) is 2.91. The second kappa shape index (κ2) is 6.81. The van der Waals surface area contributed by atoms with Crippen LogP contribution in [0.3, 0.4) is 0 Å². The van der Waals surface area contributed by atoms with Crippen molar-refractivity contribution in [3.8, 4) is 0 Å². The summed E-state index contributed by atoms with van der Waals surface area (Å²) >= 11 is 0. The van der Waals surface area contributed by atoms with E-state index in [-0.39, 0.29) is 25.1 Å². The average molecular weight is 305 g/mol. The SMILES string of the molecule is O=C(COCC1CCCO1)Nc1cc(C(F)(F)F)ncn1. The smallest absolute Gasteiger partial charge is 0.376 e. The molecule has 1 aliphatic rings. The second-order valence-electron chi connectivity index (χ2n) is 4.48. The number of anilines is 1. The second-order valence-corrected chi connectivity index (χ2v) is 4.48. The molecule has 116 valence electrons. The number of ether oxygens (including phenoxy) is 2. The van der Waals surface area contributed by atoms with Crippen LogP contribution >= 0.6 is 0 Å². The van der Waals surface area contributed by atoms with Crippen molar-refractivity contribution in [1.82, 2.24) is 9.97 Å². The van der Waals surface area contributed by atoms with Crippen LogP contribution in [0.2, 0.25) is 0 Å². The Balaban J connectivity index is 1.79. The van der Waals surface area contributed by atoms with E-state index in [1.54, 1.807) is 0 Å². The first-order valence-electron chi connectivity index (χ1n) is 6.33. The third-order valence-electron chi connectivity index (χ3n) is 2.79. The van der Waals surface area contributed by atoms with Gasteiger partial charge in [0, 0.05) is 12.7 Å². The molecule has 21 heavy (non-hydrogen) atoms. The van der Waals surface area contributed by atoms with Crippen LogP contribution in [0.5, 0.6) is 0 Å². The van der Waals surface area contributed by atoms with Crippen LogP contribution in [-0.4, -0.2) is 41.8 Å². The standard InChI is InChI=1S/C12H14F3N3O3/c13-12(14,15)9-4-10(17-7-16-9)18-11(19)6-20-5-8-2-1-3-21-8/h4,7-8H,1-3,5-6H2,(H,16,17,18,19). The minimum absolute atomic E-state index is 0.0197. The zero-order valence-corrected chi connectivity index (χ0v) is 11.0. The molecule has 0 aromatic carbocycles. The van der Waals surface area contributed by atoms with E-state index in [0.717, 1.165) is 19.2 Å². The molecule has 1 amide bonds. The van der Waals surface area contributed by atoms with E-state index in [1.165, 1.54) is 0 Å². The Hall–Kier alpha value is -1.74. The predicted molar refractivity (Wildman–Crippen MR) is 65.5 cm³/mol. The number of nitrogens with one attached hydrogen (secondary N) is 1. The Labute approximate surface area is 118 Å². The molecule has 0 aliphatic carbocycles. The molecule has 1 fully saturated rings. The van der Waals surface area contributed by atoms with Crippen molar-refractivity contribution in [2.75, 3.05) is 25.1 Å². The Morgan fingerprint density at radius 2 is 2.29 bits per heavy atom. The van der Waals surface area contributed by atoms with Gasteiger partial charge in [-0.15, -0.1) is 0 Å². The fourth-order valence-electron chi connectivity index (χ4n) is 1.82. The summed E-state index contributed by atoms with van der Waals surface area (Å²) in [5.74, 6) is -0.803. The molecule has 0 radical (unpaired) electrons. The molecule has 0 spiro atoms. The van der Waals surface area contributed by atoms with Gasteiger partial charge in [0.25, 0.3) is 5.91 Å². The van der Waals surface area contributed by atoms with Crippen molar-refractivity contribution in [3.05, 3.63) is 18.1 Å². The maximum atomic E-state index is 12.4. The zero-order chi connectivity index (χ0) is 15.3. The van der Waals surface area contributed by atoms with Gasteiger partial charge in [0.05, 0.1) is 12.7 Å². The molecule has 1 aliphatic heterocycles. The van der Waals surface area contributed by atoms with Crippen LogP contribution in [0.4, 0.5) is 19.0 Å². The first kappa shape index (κ1) is 15.6. The molecule has 2 heterocycles. The number of halogens is 3. The van der Waals surface area contributed by atoms with E-state index in [1.807, 2.05) is 0 Å². The highest BCUT2D eigenvalue weighted by Crippen LogP contribution is 2.28. The van der Waals surface area contributed by atoms with Gasteiger partial charge in [-0.1, -0.05) is 0 Å². The first-order chi connectivity index (χ1) is 9.95. The highest BCUT2D eigenvalue weighted by atomic mass is 19.4. The highest BCUT2D eigenvalue weighted by Gasteiger charge is 2.32. The summed E-state index contributed by atoms with van der Waals surface area (Å²) in [7, 11) is 0. The van der Waals surface area contributed by atoms with Gasteiger partial charge >= 0.3 is 6.18 Å². The molecule has 1 saturated heterocycles. The van der Waals surface area contributed by atoms with Crippen LogP contribution in [0.25, 0.3) is 0 Å². The van der Waals surface area contributed by atoms with Gasteiger partial charge in [-0.05, 0) is 12.8 Å². The third-order valence-corrected chi connectivity index (χ3v) is 2.79. The monoisotopic (exact) mass is 305 g/mol. The van der Waals surface area contributed by atoms with E-state index >= 15 is 0 Å². The molecule has 1 aromatic rings. The van der Waals surface area contributed by atoms with Crippen LogP contribution in [-0.2, 0) is 20.4 Å². The van der Waals surface area contributed by atoms with Gasteiger partial charge in [0.1, 0.15) is 24.4 Å². The Kier molecular flexibility index (Phi) is 5.07. The summed E-state index contributed by atoms with van der Waals surface area (Å²) in [5.41, 5.74) is -1.12. The van der Waals surface area contributed by atoms with Crippen molar-refractivity contribution in [3.63, 3.8) is 0 Å². The fourth-order valence-corrected chi connectivity index (χ4v) is 1.82. The first-order valence-corrected chi connectivity index (χ1v) is 6.33. The summed E-state index contributed by atoms with van der Waals surface area (Å²) in [4.78, 5) is 18.2. The normalized spacial score (nSPS) is 18.7. The topological polar surface area (TPSA) is 73.3 Å². The van der Waals surface area contributed by atoms with Crippen LogP contribution < -0.4 is 5.32 Å². The molecule has 9 heteroatoms. The van der Waals surface area contributed by atoms with Gasteiger partial charge in [0.15, 0.2) is 0 Å². The van der Waals surface area contributed by atoms with Crippen molar-refractivity contribution < 1.29 is 27.4 Å². The summed E-state index contributed by atoms with van der Waals surface area (Å²) in [6.45, 7) is 0.692. The van der Waals surface area contributed by atoms with Gasteiger partial charge in [-0.2, -0.15) is 13.2 Å². The maximum Gasteiger partial charge on any atom is 0.433 e. The van der Waals surface area contributed by atoms with Crippen LogP contribution in [0.15, 0.2) is 12.4 Å². The van der Waals surface area contributed by atoms with Crippen molar-refractivity contribution in [2.24, 2.45) is 0 Å². The molecule has 0 bridgehead atoms. The minimum Gasteiger partial charge on any atom is -0.376 e. The number of carbonyl (C=O) groups is 1. The van der Waals surface area contributed by atoms with Crippen molar-refractivity contribution in [2.45, 2.75) is 25.1 Å². The minimum atomic E-state index is -4.58. The predicted octanol–water partition coefficient (Wildman–Crippen LogP) is 1.63. The zero-order valence-electron chi connectivity index (χ0n) is 11.0. The molecule has 2 rings (SSSR count). The molecule has 1 aromatic heterocycles. The van der Waals surface area contributed by atoms with E-state index in [9.17, 15) is 18.0 Å². The van der Waals surface area contributed by atoms with E-state index in [0.29, 0.717) is 12.7 Å². The summed E-state index contributed by atoms with van der Waals surface area (Å²) in [6.07, 6.45) is -2.03. The number of rotatable bonds is 5. The van der Waals surface area contributed by atoms with E-state index in [2.05, 4.69) is 15.3 Å². The number of aromatic nitrogens is 2. The lowest BCUT2D eigenvalue weighted by atomic mass is 10.2. The van der Waals surface area contributed by atoms with Gasteiger partial charge in [0.2, 0.25) is 0 Å². The molecule has 1 unspecified atom stereocenters. The lowest BCUT2D eigenvalue weighted by Gasteiger charge is -2.10. The summed E-state index contributed by atoms with van der Waals surface area (Å²) < 4.78 is 47.8. The Morgan fingerprint density at radius 1 is 1.48 bits per heavy atom. The lowest BCUT2D eigenvalue weighted by molar-refractivity contribution is -0.141. The van der Waals surface area contributed by atoms with Gasteiger partial charge in [-0.3, -0.25) is 4.79 Å². The number of nitrogens with zero attached hydrogens (tertiary/aromatic N) is 2. The van der Waals surface area contributed by atoms with Crippen molar-refractivity contribution in [1.29, 1.82) is 0 Å². The summed E-state index contributed by atoms with van der Waals surface area (Å²) in [6, 6.07) is 0.665. The molecule has 6 nitrogen and oxygen atoms in total. The molecular weight excluding hydrogens is 291 g/mol. The number of alkyl halides is 3.